The fourth-order valence-corrected chi connectivity index (χ4v) is 2.23. The van der Waals surface area contributed by atoms with Gasteiger partial charge in [0.05, 0.1) is 22.1 Å². The third-order valence-electron chi connectivity index (χ3n) is 1.94. The molecular weight excluding hydrogens is 279 g/mol. The summed E-state index contributed by atoms with van der Waals surface area (Å²) in [7, 11) is 0. The van der Waals surface area contributed by atoms with Gasteiger partial charge in [-0.3, -0.25) is 0 Å². The maximum absolute atomic E-state index is 9.04. The van der Waals surface area contributed by atoms with E-state index in [9.17, 15) is 0 Å². The summed E-state index contributed by atoms with van der Waals surface area (Å²) >= 11 is 2.25. The summed E-state index contributed by atoms with van der Waals surface area (Å²) in [6.07, 6.45) is 3.69. The molecule has 2 heterocycles. The standard InChI is InChI=1S/C9H9IN2O/c1-6-2-8(10)9-11-3-7(5-13)12(9)4-6/h2-4,13H,5H2,1H3. The molecule has 0 aliphatic heterocycles. The largest absolute Gasteiger partial charge is 0.390 e. The Bertz CT molecular complexity index is 450. The molecule has 2 aromatic rings. The van der Waals surface area contributed by atoms with Gasteiger partial charge in [-0.05, 0) is 41.1 Å². The van der Waals surface area contributed by atoms with Gasteiger partial charge in [-0.1, -0.05) is 0 Å². The summed E-state index contributed by atoms with van der Waals surface area (Å²) in [5.41, 5.74) is 2.91. The first-order chi connectivity index (χ1) is 6.22. The summed E-state index contributed by atoms with van der Waals surface area (Å²) in [4.78, 5) is 4.23. The lowest BCUT2D eigenvalue weighted by Gasteiger charge is -2.01. The van der Waals surface area contributed by atoms with E-state index in [2.05, 4.69) is 33.6 Å². The number of rotatable bonds is 1. The molecular formula is C9H9IN2O. The van der Waals surface area contributed by atoms with E-state index < -0.39 is 0 Å². The maximum Gasteiger partial charge on any atom is 0.150 e. The molecule has 0 aromatic carbocycles. The fourth-order valence-electron chi connectivity index (χ4n) is 1.34. The van der Waals surface area contributed by atoms with Gasteiger partial charge in [-0.2, -0.15) is 0 Å². The van der Waals surface area contributed by atoms with Crippen molar-refractivity contribution >= 4 is 28.2 Å². The van der Waals surface area contributed by atoms with Gasteiger partial charge >= 0.3 is 0 Å². The zero-order valence-corrected chi connectivity index (χ0v) is 9.32. The van der Waals surface area contributed by atoms with Crippen LogP contribution < -0.4 is 0 Å². The molecule has 0 aliphatic carbocycles. The molecule has 0 atom stereocenters. The Morgan fingerprint density at radius 2 is 2.38 bits per heavy atom. The third-order valence-corrected chi connectivity index (χ3v) is 2.73. The van der Waals surface area contributed by atoms with Gasteiger partial charge in [-0.25, -0.2) is 4.98 Å². The fraction of sp³-hybridized carbons (Fsp3) is 0.222. The first kappa shape index (κ1) is 8.96. The van der Waals surface area contributed by atoms with Crippen LogP contribution in [0, 0.1) is 10.5 Å². The predicted molar refractivity (Wildman–Crippen MR) is 58.6 cm³/mol. The number of aromatic nitrogens is 2. The van der Waals surface area contributed by atoms with Crippen molar-refractivity contribution in [2.45, 2.75) is 13.5 Å². The predicted octanol–water partition coefficient (Wildman–Crippen LogP) is 1.74. The van der Waals surface area contributed by atoms with E-state index in [4.69, 9.17) is 5.11 Å². The number of aliphatic hydroxyl groups is 1. The molecule has 68 valence electrons. The van der Waals surface area contributed by atoms with Crippen LogP contribution in [0.15, 0.2) is 18.5 Å². The topological polar surface area (TPSA) is 37.5 Å². The van der Waals surface area contributed by atoms with Gasteiger partial charge in [0.2, 0.25) is 0 Å². The Morgan fingerprint density at radius 3 is 3.08 bits per heavy atom. The van der Waals surface area contributed by atoms with Crippen LogP contribution in [0.25, 0.3) is 5.65 Å². The Labute approximate surface area is 89.6 Å². The molecule has 2 rings (SSSR count). The second-order valence-corrected chi connectivity index (χ2v) is 4.13. The molecule has 0 bridgehead atoms. The molecule has 1 N–H and O–H groups in total. The van der Waals surface area contributed by atoms with Gasteiger partial charge < -0.3 is 9.51 Å². The van der Waals surface area contributed by atoms with Crippen molar-refractivity contribution in [3.05, 3.63) is 33.3 Å². The minimum atomic E-state index is 0.0285. The van der Waals surface area contributed by atoms with Crippen molar-refractivity contribution in [1.82, 2.24) is 9.38 Å². The number of aryl methyl sites for hydroxylation is 1. The van der Waals surface area contributed by atoms with Gasteiger partial charge in [0.1, 0.15) is 5.65 Å². The highest BCUT2D eigenvalue weighted by molar-refractivity contribution is 14.1. The normalized spacial score (nSPS) is 11.0. The van der Waals surface area contributed by atoms with E-state index in [0.29, 0.717) is 0 Å². The van der Waals surface area contributed by atoms with Crippen molar-refractivity contribution in [3.8, 4) is 0 Å². The van der Waals surface area contributed by atoms with Crippen LogP contribution in [-0.4, -0.2) is 14.5 Å². The molecule has 13 heavy (non-hydrogen) atoms. The van der Waals surface area contributed by atoms with Crippen molar-refractivity contribution in [3.63, 3.8) is 0 Å². The maximum atomic E-state index is 9.04. The summed E-state index contributed by atoms with van der Waals surface area (Å²) in [6, 6.07) is 2.07. The van der Waals surface area contributed by atoms with E-state index in [1.807, 2.05) is 17.5 Å². The highest BCUT2D eigenvalue weighted by Crippen LogP contribution is 2.16. The van der Waals surface area contributed by atoms with Crippen molar-refractivity contribution in [2.24, 2.45) is 0 Å². The quantitative estimate of drug-likeness (QED) is 0.812. The monoisotopic (exact) mass is 288 g/mol. The summed E-state index contributed by atoms with van der Waals surface area (Å²) in [5.74, 6) is 0. The minimum Gasteiger partial charge on any atom is -0.390 e. The SMILES string of the molecule is Cc1cc(I)c2ncc(CO)n2c1. The smallest absolute Gasteiger partial charge is 0.150 e. The summed E-state index contributed by atoms with van der Waals surface area (Å²) < 4.78 is 3.04. The Hall–Kier alpha value is -0.620. The lowest BCUT2D eigenvalue weighted by atomic mass is 10.3. The molecule has 4 heteroatoms. The number of fused-ring (bicyclic) bond motifs is 1. The Morgan fingerprint density at radius 1 is 1.62 bits per heavy atom. The number of imidazole rings is 1. The van der Waals surface area contributed by atoms with Crippen LogP contribution in [0.2, 0.25) is 0 Å². The van der Waals surface area contributed by atoms with Gasteiger partial charge in [0, 0.05) is 6.20 Å². The van der Waals surface area contributed by atoms with Gasteiger partial charge in [0.15, 0.2) is 0 Å². The van der Waals surface area contributed by atoms with E-state index in [0.717, 1.165) is 14.9 Å². The third kappa shape index (κ3) is 1.44. The Kier molecular flexibility index (Phi) is 2.25. The zero-order valence-electron chi connectivity index (χ0n) is 7.16. The van der Waals surface area contributed by atoms with Crippen LogP contribution in [-0.2, 0) is 6.61 Å². The lowest BCUT2D eigenvalue weighted by molar-refractivity contribution is 0.276. The highest BCUT2D eigenvalue weighted by Gasteiger charge is 2.05. The molecule has 0 amide bonds. The summed E-state index contributed by atoms with van der Waals surface area (Å²) in [6.45, 7) is 2.06. The van der Waals surface area contributed by atoms with Crippen molar-refractivity contribution < 1.29 is 5.11 Å². The van der Waals surface area contributed by atoms with Crippen LogP contribution in [0.3, 0.4) is 0 Å². The van der Waals surface area contributed by atoms with Crippen molar-refractivity contribution in [1.29, 1.82) is 0 Å². The first-order valence-electron chi connectivity index (χ1n) is 3.95. The molecule has 0 saturated heterocycles. The number of aliphatic hydroxyl groups excluding tert-OH is 1. The summed E-state index contributed by atoms with van der Waals surface area (Å²) in [5, 5.41) is 9.04. The van der Waals surface area contributed by atoms with E-state index in [1.165, 1.54) is 5.56 Å². The molecule has 3 nitrogen and oxygen atoms in total. The molecule has 2 aromatic heterocycles. The van der Waals surface area contributed by atoms with Crippen LogP contribution in [0.4, 0.5) is 0 Å². The molecule has 0 radical (unpaired) electrons. The average Bonchev–Trinajstić information content (AvgIpc) is 2.47. The molecule has 0 spiro atoms. The lowest BCUT2D eigenvalue weighted by Crippen LogP contribution is -1.94. The number of hydrogen-bond donors (Lipinski definition) is 1. The molecule has 0 unspecified atom stereocenters. The second-order valence-electron chi connectivity index (χ2n) is 2.97. The van der Waals surface area contributed by atoms with E-state index >= 15 is 0 Å². The van der Waals surface area contributed by atoms with E-state index in [1.54, 1.807) is 6.20 Å². The zero-order chi connectivity index (χ0) is 9.42. The van der Waals surface area contributed by atoms with Gasteiger partial charge in [0.25, 0.3) is 0 Å². The minimum absolute atomic E-state index is 0.0285. The average molecular weight is 288 g/mol. The number of hydrogen-bond acceptors (Lipinski definition) is 2. The van der Waals surface area contributed by atoms with Crippen LogP contribution in [0.1, 0.15) is 11.3 Å². The van der Waals surface area contributed by atoms with E-state index in [-0.39, 0.29) is 6.61 Å². The number of pyridine rings is 1. The van der Waals surface area contributed by atoms with Gasteiger partial charge in [-0.15, -0.1) is 0 Å². The van der Waals surface area contributed by atoms with Crippen LogP contribution >= 0.6 is 22.6 Å². The van der Waals surface area contributed by atoms with Crippen LogP contribution in [0.5, 0.6) is 0 Å². The highest BCUT2D eigenvalue weighted by atomic mass is 127. The molecule has 0 fully saturated rings. The molecule has 0 saturated carbocycles. The Balaban J connectivity index is 2.82. The van der Waals surface area contributed by atoms with Crippen molar-refractivity contribution in [2.75, 3.05) is 0 Å². The first-order valence-corrected chi connectivity index (χ1v) is 5.03. The number of nitrogens with zero attached hydrogens (tertiary/aromatic N) is 2. The number of halogens is 1. The molecule has 0 aliphatic rings. The second kappa shape index (κ2) is 3.26.